The van der Waals surface area contributed by atoms with E-state index in [9.17, 15) is 22.8 Å². The van der Waals surface area contributed by atoms with Crippen molar-refractivity contribution in [3.8, 4) is 6.07 Å². The Balaban J connectivity index is 1.42. The Bertz CT molecular complexity index is 1020. The number of rotatable bonds is 3. The molecule has 6 nitrogen and oxygen atoms in total. The molecule has 1 aromatic rings. The number of piperidine rings is 1. The van der Waals surface area contributed by atoms with E-state index in [1.165, 1.54) is 6.07 Å². The SMILES string of the molecule is N#Cc1ccc(N2CC(C(=O)N3CCCC3)C3(CCN(C(=O)C4CC4)CC3)C2)cc1C(F)(F)F. The zero-order valence-electron chi connectivity index (χ0n) is 19.1. The minimum atomic E-state index is -4.63. The van der Waals surface area contributed by atoms with Crippen LogP contribution in [-0.2, 0) is 15.8 Å². The van der Waals surface area contributed by atoms with Crippen molar-refractivity contribution in [2.45, 2.75) is 44.7 Å². The molecule has 1 aliphatic carbocycles. The second-order valence-electron chi connectivity index (χ2n) is 10.3. The molecule has 4 aliphatic rings. The Morgan fingerprint density at radius 1 is 1.00 bits per heavy atom. The Kier molecular flexibility index (Phi) is 5.73. The Labute approximate surface area is 197 Å². The lowest BCUT2D eigenvalue weighted by molar-refractivity contribution is -0.140. The number of carbonyl (C=O) groups is 2. The number of carbonyl (C=O) groups excluding carboxylic acids is 2. The van der Waals surface area contributed by atoms with Crippen molar-refractivity contribution in [1.29, 1.82) is 5.26 Å². The van der Waals surface area contributed by atoms with Crippen molar-refractivity contribution in [1.82, 2.24) is 9.80 Å². The smallest absolute Gasteiger partial charge is 0.370 e. The van der Waals surface area contributed by atoms with Crippen LogP contribution in [0.2, 0.25) is 0 Å². The number of amides is 2. The number of hydrogen-bond acceptors (Lipinski definition) is 4. The van der Waals surface area contributed by atoms with E-state index in [4.69, 9.17) is 5.26 Å². The van der Waals surface area contributed by atoms with Crippen LogP contribution in [-0.4, -0.2) is 60.9 Å². The molecule has 34 heavy (non-hydrogen) atoms. The molecule has 1 atom stereocenters. The number of alkyl halides is 3. The van der Waals surface area contributed by atoms with Gasteiger partial charge in [-0.2, -0.15) is 18.4 Å². The van der Waals surface area contributed by atoms with E-state index in [0.29, 0.717) is 44.7 Å². The largest absolute Gasteiger partial charge is 0.417 e. The minimum Gasteiger partial charge on any atom is -0.370 e. The van der Waals surface area contributed by atoms with Crippen LogP contribution in [0.15, 0.2) is 18.2 Å². The molecule has 0 bridgehead atoms. The molecule has 0 radical (unpaired) electrons. The number of halogens is 3. The van der Waals surface area contributed by atoms with Crippen LogP contribution in [0.3, 0.4) is 0 Å². The predicted molar refractivity (Wildman–Crippen MR) is 119 cm³/mol. The normalized spacial score (nSPS) is 24.5. The van der Waals surface area contributed by atoms with Crippen LogP contribution in [0, 0.1) is 28.6 Å². The van der Waals surface area contributed by atoms with Gasteiger partial charge in [-0.3, -0.25) is 9.59 Å². The third-order valence-corrected chi connectivity index (χ3v) is 8.16. The summed E-state index contributed by atoms with van der Waals surface area (Å²) in [6, 6.07) is 5.45. The van der Waals surface area contributed by atoms with Crippen LogP contribution in [0.1, 0.15) is 49.7 Å². The summed E-state index contributed by atoms with van der Waals surface area (Å²) < 4.78 is 40.7. The third kappa shape index (κ3) is 4.12. The molecule has 5 rings (SSSR count). The van der Waals surface area contributed by atoms with Gasteiger partial charge in [-0.1, -0.05) is 0 Å². The van der Waals surface area contributed by atoms with E-state index in [-0.39, 0.29) is 29.1 Å². The molecular weight excluding hydrogens is 445 g/mol. The zero-order valence-corrected chi connectivity index (χ0v) is 19.1. The Morgan fingerprint density at radius 2 is 1.65 bits per heavy atom. The van der Waals surface area contributed by atoms with Gasteiger partial charge >= 0.3 is 6.18 Å². The molecule has 2 amide bonds. The summed E-state index contributed by atoms with van der Waals surface area (Å²) in [5, 5.41) is 9.14. The second kappa shape index (κ2) is 8.47. The van der Waals surface area contributed by atoms with Gasteiger partial charge in [0.25, 0.3) is 0 Å². The van der Waals surface area contributed by atoms with E-state index in [2.05, 4.69) is 0 Å². The maximum absolute atomic E-state index is 13.6. The van der Waals surface area contributed by atoms with Gasteiger partial charge in [0.1, 0.15) is 0 Å². The second-order valence-corrected chi connectivity index (χ2v) is 10.3. The lowest BCUT2D eigenvalue weighted by atomic mass is 9.70. The van der Waals surface area contributed by atoms with Gasteiger partial charge in [-0.05, 0) is 56.7 Å². The molecule has 182 valence electrons. The molecule has 1 saturated carbocycles. The quantitative estimate of drug-likeness (QED) is 0.671. The van der Waals surface area contributed by atoms with Gasteiger partial charge in [0.2, 0.25) is 11.8 Å². The van der Waals surface area contributed by atoms with E-state index in [1.807, 2.05) is 14.7 Å². The first-order valence-electron chi connectivity index (χ1n) is 12.2. The molecule has 9 heteroatoms. The monoisotopic (exact) mass is 474 g/mol. The van der Waals surface area contributed by atoms with Gasteiger partial charge < -0.3 is 14.7 Å². The molecule has 1 spiro atoms. The summed E-state index contributed by atoms with van der Waals surface area (Å²) in [4.78, 5) is 31.8. The lowest BCUT2D eigenvalue weighted by Crippen LogP contribution is -2.50. The molecule has 3 aliphatic heterocycles. The fourth-order valence-corrected chi connectivity index (χ4v) is 5.99. The summed E-state index contributed by atoms with van der Waals surface area (Å²) in [5.74, 6) is 0.130. The molecule has 3 heterocycles. The number of benzene rings is 1. The minimum absolute atomic E-state index is 0.0895. The van der Waals surface area contributed by atoms with Crippen LogP contribution in [0.25, 0.3) is 0 Å². The first kappa shape index (κ1) is 23.0. The van der Waals surface area contributed by atoms with Crippen molar-refractivity contribution >= 4 is 17.5 Å². The number of likely N-dealkylation sites (tertiary alicyclic amines) is 2. The topological polar surface area (TPSA) is 67.7 Å². The number of hydrogen-bond donors (Lipinski definition) is 0. The Morgan fingerprint density at radius 3 is 2.24 bits per heavy atom. The first-order chi connectivity index (χ1) is 16.2. The molecule has 1 unspecified atom stereocenters. The van der Waals surface area contributed by atoms with E-state index in [0.717, 1.165) is 44.8 Å². The van der Waals surface area contributed by atoms with Crippen molar-refractivity contribution in [3.05, 3.63) is 29.3 Å². The number of nitrogens with zero attached hydrogens (tertiary/aromatic N) is 4. The highest BCUT2D eigenvalue weighted by Crippen LogP contribution is 2.48. The van der Waals surface area contributed by atoms with Crippen LogP contribution in [0.5, 0.6) is 0 Å². The standard InChI is InChI=1S/C25H29F3N4O2/c26-25(27,28)20-13-19(6-5-18(20)14-29)32-15-21(23(34)30-9-1-2-10-30)24(16-32)7-11-31(12-8-24)22(33)17-3-4-17/h5-6,13,17,21H,1-4,7-12,15-16H2. The van der Waals surface area contributed by atoms with Crippen LogP contribution < -0.4 is 4.90 Å². The summed E-state index contributed by atoms with van der Waals surface area (Å²) in [5.41, 5.74) is -1.33. The van der Waals surface area contributed by atoms with E-state index in [1.54, 1.807) is 12.1 Å². The molecule has 1 aromatic carbocycles. The average molecular weight is 475 g/mol. The summed E-state index contributed by atoms with van der Waals surface area (Å²) >= 11 is 0. The van der Waals surface area contributed by atoms with Gasteiger partial charge in [-0.15, -0.1) is 0 Å². The highest BCUT2D eigenvalue weighted by atomic mass is 19.4. The van der Waals surface area contributed by atoms with Crippen molar-refractivity contribution in [2.75, 3.05) is 44.2 Å². The summed E-state index contributed by atoms with van der Waals surface area (Å²) in [6.07, 6.45) is 0.572. The third-order valence-electron chi connectivity index (χ3n) is 8.16. The Hall–Kier alpha value is -2.76. The lowest BCUT2D eigenvalue weighted by Gasteiger charge is -2.43. The predicted octanol–water partition coefficient (Wildman–Crippen LogP) is 3.65. The first-order valence-corrected chi connectivity index (χ1v) is 12.2. The fourth-order valence-electron chi connectivity index (χ4n) is 5.99. The molecule has 3 saturated heterocycles. The molecule has 0 N–H and O–H groups in total. The van der Waals surface area contributed by atoms with E-state index < -0.39 is 17.3 Å². The van der Waals surface area contributed by atoms with E-state index >= 15 is 0 Å². The summed E-state index contributed by atoms with van der Waals surface area (Å²) in [6.45, 7) is 3.48. The number of anilines is 1. The average Bonchev–Trinajstić information content (AvgIpc) is 3.40. The maximum Gasteiger partial charge on any atom is 0.417 e. The molecule has 4 fully saturated rings. The maximum atomic E-state index is 13.6. The van der Waals surface area contributed by atoms with Crippen LogP contribution >= 0.6 is 0 Å². The molecular formula is C25H29F3N4O2. The highest BCUT2D eigenvalue weighted by Gasteiger charge is 2.53. The van der Waals surface area contributed by atoms with Gasteiger partial charge in [0.05, 0.1) is 23.1 Å². The van der Waals surface area contributed by atoms with Crippen molar-refractivity contribution in [2.24, 2.45) is 17.3 Å². The summed E-state index contributed by atoms with van der Waals surface area (Å²) in [7, 11) is 0. The van der Waals surface area contributed by atoms with Gasteiger partial charge in [-0.25, -0.2) is 0 Å². The van der Waals surface area contributed by atoms with Crippen LogP contribution in [0.4, 0.5) is 18.9 Å². The van der Waals surface area contributed by atoms with Gasteiger partial charge in [0, 0.05) is 56.3 Å². The molecule has 0 aromatic heterocycles. The highest BCUT2D eigenvalue weighted by molar-refractivity contribution is 5.83. The zero-order chi connectivity index (χ0) is 24.1. The fraction of sp³-hybridized carbons (Fsp3) is 0.640. The van der Waals surface area contributed by atoms with Crippen molar-refractivity contribution in [3.63, 3.8) is 0 Å². The van der Waals surface area contributed by atoms with Crippen molar-refractivity contribution < 1.29 is 22.8 Å². The number of nitriles is 1. The van der Waals surface area contributed by atoms with Gasteiger partial charge in [0.15, 0.2) is 0 Å².